The number of hydrogen-bond acceptors (Lipinski definition) is 2. The summed E-state index contributed by atoms with van der Waals surface area (Å²) in [7, 11) is 0. The van der Waals surface area contributed by atoms with Crippen molar-refractivity contribution >= 4 is 0 Å². The summed E-state index contributed by atoms with van der Waals surface area (Å²) in [6.07, 6.45) is -2.64. The summed E-state index contributed by atoms with van der Waals surface area (Å²) in [5.41, 5.74) is 1.02. The van der Waals surface area contributed by atoms with Crippen LogP contribution in [0.15, 0.2) is 42.6 Å². The number of halogens is 3. The normalized spacial score (nSPS) is 11.4. The van der Waals surface area contributed by atoms with Crippen molar-refractivity contribution in [2.75, 3.05) is 0 Å². The molecular formula is C14H12F3NO. The van der Waals surface area contributed by atoms with Crippen LogP contribution in [0.3, 0.4) is 0 Å². The molecule has 0 aliphatic carbocycles. The summed E-state index contributed by atoms with van der Waals surface area (Å²) in [6, 6.07) is 8.46. The minimum Gasteiger partial charge on any atom is -0.473 e. The number of pyridine rings is 1. The van der Waals surface area contributed by atoms with Gasteiger partial charge >= 0.3 is 6.18 Å². The van der Waals surface area contributed by atoms with Gasteiger partial charge in [0.25, 0.3) is 0 Å². The Labute approximate surface area is 108 Å². The Morgan fingerprint density at radius 2 is 1.74 bits per heavy atom. The van der Waals surface area contributed by atoms with E-state index in [4.69, 9.17) is 4.74 Å². The van der Waals surface area contributed by atoms with Gasteiger partial charge in [0.05, 0.1) is 5.56 Å². The van der Waals surface area contributed by atoms with E-state index in [9.17, 15) is 13.2 Å². The largest absolute Gasteiger partial charge is 0.473 e. The Kier molecular flexibility index (Phi) is 3.74. The average Bonchev–Trinajstić information content (AvgIpc) is 2.37. The summed E-state index contributed by atoms with van der Waals surface area (Å²) in [4.78, 5) is 4.05. The van der Waals surface area contributed by atoms with Gasteiger partial charge in [0.15, 0.2) is 0 Å². The van der Waals surface area contributed by atoms with E-state index >= 15 is 0 Å². The maximum absolute atomic E-state index is 12.4. The third-order valence-electron chi connectivity index (χ3n) is 2.55. The Balaban J connectivity index is 1.98. The van der Waals surface area contributed by atoms with Gasteiger partial charge in [-0.1, -0.05) is 18.2 Å². The number of hydrogen-bond donors (Lipinski definition) is 0. The SMILES string of the molecule is Cc1ccc(OCc2ccc(C(F)(F)F)cc2)nc1. The van der Waals surface area contributed by atoms with Crippen molar-refractivity contribution in [2.45, 2.75) is 19.7 Å². The van der Waals surface area contributed by atoms with Crippen LogP contribution in [-0.2, 0) is 12.8 Å². The monoisotopic (exact) mass is 267 g/mol. The van der Waals surface area contributed by atoms with E-state index in [0.29, 0.717) is 11.4 Å². The van der Waals surface area contributed by atoms with Crippen LogP contribution in [0.4, 0.5) is 13.2 Å². The van der Waals surface area contributed by atoms with Crippen LogP contribution in [0.25, 0.3) is 0 Å². The lowest BCUT2D eigenvalue weighted by Gasteiger charge is -2.08. The van der Waals surface area contributed by atoms with Crippen molar-refractivity contribution in [2.24, 2.45) is 0 Å². The predicted molar refractivity (Wildman–Crippen MR) is 64.8 cm³/mol. The molecular weight excluding hydrogens is 255 g/mol. The van der Waals surface area contributed by atoms with Gasteiger partial charge in [-0.25, -0.2) is 4.98 Å². The minimum absolute atomic E-state index is 0.189. The second-order valence-corrected chi connectivity index (χ2v) is 4.16. The molecule has 2 rings (SSSR count). The van der Waals surface area contributed by atoms with Gasteiger partial charge in [0.1, 0.15) is 6.61 Å². The predicted octanol–water partition coefficient (Wildman–Crippen LogP) is 3.99. The zero-order valence-corrected chi connectivity index (χ0v) is 10.2. The summed E-state index contributed by atoms with van der Waals surface area (Å²) in [6.45, 7) is 2.10. The van der Waals surface area contributed by atoms with Crippen molar-refractivity contribution in [1.29, 1.82) is 0 Å². The van der Waals surface area contributed by atoms with Crippen LogP contribution in [0.1, 0.15) is 16.7 Å². The lowest BCUT2D eigenvalue weighted by Crippen LogP contribution is -2.05. The lowest BCUT2D eigenvalue weighted by atomic mass is 10.1. The summed E-state index contributed by atoms with van der Waals surface area (Å²) in [5.74, 6) is 0.450. The quantitative estimate of drug-likeness (QED) is 0.839. The Bertz CT molecular complexity index is 532. The maximum Gasteiger partial charge on any atom is 0.416 e. The summed E-state index contributed by atoms with van der Waals surface area (Å²) >= 11 is 0. The lowest BCUT2D eigenvalue weighted by molar-refractivity contribution is -0.137. The first kappa shape index (κ1) is 13.4. The van der Waals surface area contributed by atoms with E-state index in [0.717, 1.165) is 17.7 Å². The molecule has 0 saturated heterocycles. The zero-order chi connectivity index (χ0) is 13.9. The molecule has 0 atom stereocenters. The van der Waals surface area contributed by atoms with Gasteiger partial charge in [-0.05, 0) is 30.2 Å². The average molecular weight is 267 g/mol. The molecule has 0 saturated carbocycles. The maximum atomic E-state index is 12.4. The van der Waals surface area contributed by atoms with E-state index in [1.807, 2.05) is 13.0 Å². The van der Waals surface area contributed by atoms with Gasteiger partial charge in [-0.3, -0.25) is 0 Å². The van der Waals surface area contributed by atoms with Crippen LogP contribution in [0, 0.1) is 6.92 Å². The van der Waals surface area contributed by atoms with Gasteiger partial charge in [-0.15, -0.1) is 0 Å². The van der Waals surface area contributed by atoms with Crippen molar-refractivity contribution in [3.8, 4) is 5.88 Å². The van der Waals surface area contributed by atoms with Crippen LogP contribution >= 0.6 is 0 Å². The molecule has 0 aliphatic rings. The van der Waals surface area contributed by atoms with E-state index in [2.05, 4.69) is 4.98 Å². The van der Waals surface area contributed by atoms with Gasteiger partial charge < -0.3 is 4.74 Å². The third kappa shape index (κ3) is 3.71. The molecule has 0 aliphatic heterocycles. The van der Waals surface area contributed by atoms with Crippen LogP contribution in [0.5, 0.6) is 5.88 Å². The first-order valence-corrected chi connectivity index (χ1v) is 5.67. The fraction of sp³-hybridized carbons (Fsp3) is 0.214. The molecule has 0 fully saturated rings. The van der Waals surface area contributed by atoms with E-state index in [1.165, 1.54) is 12.1 Å². The van der Waals surface area contributed by atoms with Gasteiger partial charge in [0.2, 0.25) is 5.88 Å². The number of benzene rings is 1. The van der Waals surface area contributed by atoms with E-state index < -0.39 is 11.7 Å². The zero-order valence-electron chi connectivity index (χ0n) is 10.2. The highest BCUT2D eigenvalue weighted by Gasteiger charge is 2.29. The number of ether oxygens (including phenoxy) is 1. The number of nitrogens with zero attached hydrogens (tertiary/aromatic N) is 1. The summed E-state index contributed by atoms with van der Waals surface area (Å²) in [5, 5.41) is 0. The molecule has 1 aromatic carbocycles. The van der Waals surface area contributed by atoms with Crippen molar-refractivity contribution < 1.29 is 17.9 Å². The molecule has 0 radical (unpaired) electrons. The number of rotatable bonds is 3. The van der Waals surface area contributed by atoms with Gasteiger partial charge in [0, 0.05) is 12.3 Å². The van der Waals surface area contributed by atoms with E-state index in [1.54, 1.807) is 12.3 Å². The highest BCUT2D eigenvalue weighted by atomic mass is 19.4. The smallest absolute Gasteiger partial charge is 0.416 e. The highest BCUT2D eigenvalue weighted by Crippen LogP contribution is 2.29. The molecule has 1 aromatic heterocycles. The molecule has 0 spiro atoms. The molecule has 5 heteroatoms. The van der Waals surface area contributed by atoms with E-state index in [-0.39, 0.29) is 6.61 Å². The van der Waals surface area contributed by atoms with Crippen LogP contribution in [-0.4, -0.2) is 4.98 Å². The fourth-order valence-corrected chi connectivity index (χ4v) is 1.49. The molecule has 0 bridgehead atoms. The molecule has 100 valence electrons. The van der Waals surface area contributed by atoms with Crippen molar-refractivity contribution in [3.63, 3.8) is 0 Å². The second kappa shape index (κ2) is 5.30. The molecule has 0 N–H and O–H groups in total. The Morgan fingerprint density at radius 1 is 1.05 bits per heavy atom. The van der Waals surface area contributed by atoms with Crippen molar-refractivity contribution in [3.05, 3.63) is 59.3 Å². The minimum atomic E-state index is -4.31. The van der Waals surface area contributed by atoms with Crippen LogP contribution < -0.4 is 4.74 Å². The number of aryl methyl sites for hydroxylation is 1. The standard InChI is InChI=1S/C14H12F3NO/c1-10-2-7-13(18-8-10)19-9-11-3-5-12(6-4-11)14(15,16)17/h2-8H,9H2,1H3. The fourth-order valence-electron chi connectivity index (χ4n) is 1.49. The number of aromatic nitrogens is 1. The Hall–Kier alpha value is -2.04. The molecule has 0 amide bonds. The molecule has 0 unspecified atom stereocenters. The molecule has 2 nitrogen and oxygen atoms in total. The first-order valence-electron chi connectivity index (χ1n) is 5.67. The second-order valence-electron chi connectivity index (χ2n) is 4.16. The summed E-state index contributed by atoms with van der Waals surface area (Å²) < 4.78 is 42.5. The van der Waals surface area contributed by atoms with Crippen LogP contribution in [0.2, 0.25) is 0 Å². The molecule has 19 heavy (non-hydrogen) atoms. The number of alkyl halides is 3. The molecule has 2 aromatic rings. The van der Waals surface area contributed by atoms with Gasteiger partial charge in [-0.2, -0.15) is 13.2 Å². The topological polar surface area (TPSA) is 22.1 Å². The molecule has 1 heterocycles. The van der Waals surface area contributed by atoms with Crippen molar-refractivity contribution in [1.82, 2.24) is 4.98 Å². The highest BCUT2D eigenvalue weighted by molar-refractivity contribution is 5.24. The first-order chi connectivity index (χ1) is 8.95. The third-order valence-corrected chi connectivity index (χ3v) is 2.55. The Morgan fingerprint density at radius 3 is 2.26 bits per heavy atom.